The SMILES string of the molecule is CC(c1ccc(Cl)cc1)N(C)C(=O)C1CCN(C(=O)C(C)(C)C)CC1. The molecule has 1 aromatic rings. The molecule has 0 spiro atoms. The average molecular weight is 365 g/mol. The van der Waals surface area contributed by atoms with Crippen LogP contribution in [0.2, 0.25) is 5.02 Å². The Morgan fingerprint density at radius 2 is 1.68 bits per heavy atom. The minimum Gasteiger partial charge on any atom is -0.342 e. The number of hydrogen-bond donors (Lipinski definition) is 0. The number of amides is 2. The minimum absolute atomic E-state index is 0.000923. The summed E-state index contributed by atoms with van der Waals surface area (Å²) in [7, 11) is 1.86. The zero-order chi connectivity index (χ0) is 18.8. The number of benzene rings is 1. The van der Waals surface area contributed by atoms with E-state index in [0.29, 0.717) is 18.1 Å². The third-order valence-electron chi connectivity index (χ3n) is 5.05. The molecule has 1 aliphatic rings. The predicted molar refractivity (Wildman–Crippen MR) is 101 cm³/mol. The van der Waals surface area contributed by atoms with Crippen LogP contribution in [0, 0.1) is 11.3 Å². The van der Waals surface area contributed by atoms with Gasteiger partial charge in [0.05, 0.1) is 6.04 Å². The van der Waals surface area contributed by atoms with Crippen molar-refractivity contribution in [2.75, 3.05) is 20.1 Å². The van der Waals surface area contributed by atoms with Gasteiger partial charge in [-0.15, -0.1) is 0 Å². The number of nitrogens with zero attached hydrogens (tertiary/aromatic N) is 2. The fourth-order valence-electron chi connectivity index (χ4n) is 3.25. The van der Waals surface area contributed by atoms with E-state index in [-0.39, 0.29) is 29.2 Å². The summed E-state index contributed by atoms with van der Waals surface area (Å²) in [5.41, 5.74) is 0.706. The molecule has 1 fully saturated rings. The van der Waals surface area contributed by atoms with Crippen LogP contribution >= 0.6 is 11.6 Å². The lowest BCUT2D eigenvalue weighted by Crippen LogP contribution is -2.47. The van der Waals surface area contributed by atoms with Gasteiger partial charge in [-0.1, -0.05) is 44.5 Å². The molecule has 0 radical (unpaired) electrons. The van der Waals surface area contributed by atoms with Crippen LogP contribution in [0.3, 0.4) is 0 Å². The first-order valence-corrected chi connectivity index (χ1v) is 9.30. The number of rotatable bonds is 3. The van der Waals surface area contributed by atoms with Gasteiger partial charge in [0.1, 0.15) is 0 Å². The van der Waals surface area contributed by atoms with Crippen LogP contribution in [0.1, 0.15) is 52.1 Å². The average Bonchev–Trinajstić information content (AvgIpc) is 2.59. The third kappa shape index (κ3) is 4.75. The first-order chi connectivity index (χ1) is 11.6. The van der Waals surface area contributed by atoms with Crippen LogP contribution in [-0.2, 0) is 9.59 Å². The molecule has 138 valence electrons. The molecule has 5 heteroatoms. The van der Waals surface area contributed by atoms with Crippen molar-refractivity contribution in [1.82, 2.24) is 9.80 Å². The smallest absolute Gasteiger partial charge is 0.227 e. The molecule has 0 aromatic heterocycles. The highest BCUT2D eigenvalue weighted by atomic mass is 35.5. The molecule has 1 aliphatic heterocycles. The Kier molecular flexibility index (Phi) is 6.15. The number of carbonyl (C=O) groups excluding carboxylic acids is 2. The minimum atomic E-state index is -0.364. The number of piperidine rings is 1. The Balaban J connectivity index is 1.95. The quantitative estimate of drug-likeness (QED) is 0.808. The van der Waals surface area contributed by atoms with Gasteiger partial charge in [0.2, 0.25) is 11.8 Å². The van der Waals surface area contributed by atoms with Gasteiger partial charge in [-0.2, -0.15) is 0 Å². The van der Waals surface area contributed by atoms with E-state index < -0.39 is 0 Å². The lowest BCUT2D eigenvalue weighted by molar-refractivity contribution is -0.145. The normalized spacial score (nSPS) is 17.3. The summed E-state index contributed by atoms with van der Waals surface area (Å²) in [6, 6.07) is 7.62. The molecule has 1 heterocycles. The van der Waals surface area contributed by atoms with Gasteiger partial charge in [0, 0.05) is 36.5 Å². The molecule has 2 amide bonds. The number of hydrogen-bond acceptors (Lipinski definition) is 2. The summed E-state index contributed by atoms with van der Waals surface area (Å²) >= 11 is 5.94. The van der Waals surface area contributed by atoms with E-state index in [9.17, 15) is 9.59 Å². The molecule has 0 N–H and O–H groups in total. The molecular weight excluding hydrogens is 336 g/mol. The van der Waals surface area contributed by atoms with E-state index in [1.807, 2.05) is 68.8 Å². The summed E-state index contributed by atoms with van der Waals surface area (Å²) in [4.78, 5) is 28.9. The maximum Gasteiger partial charge on any atom is 0.227 e. The summed E-state index contributed by atoms with van der Waals surface area (Å²) in [6.07, 6.45) is 1.47. The highest BCUT2D eigenvalue weighted by Crippen LogP contribution is 2.27. The first kappa shape index (κ1) is 19.8. The molecule has 0 bridgehead atoms. The second kappa shape index (κ2) is 7.77. The van der Waals surface area contributed by atoms with E-state index in [1.165, 1.54) is 0 Å². The van der Waals surface area contributed by atoms with Crippen LogP contribution in [0.25, 0.3) is 0 Å². The monoisotopic (exact) mass is 364 g/mol. The summed E-state index contributed by atoms with van der Waals surface area (Å²) in [6.45, 7) is 9.17. The van der Waals surface area contributed by atoms with E-state index in [4.69, 9.17) is 11.6 Å². The topological polar surface area (TPSA) is 40.6 Å². The van der Waals surface area contributed by atoms with Gasteiger partial charge in [0.15, 0.2) is 0 Å². The van der Waals surface area contributed by atoms with Gasteiger partial charge < -0.3 is 9.80 Å². The Hall–Kier alpha value is -1.55. The van der Waals surface area contributed by atoms with Crippen LogP contribution in [-0.4, -0.2) is 41.8 Å². The molecule has 0 aliphatic carbocycles. The van der Waals surface area contributed by atoms with Gasteiger partial charge in [-0.3, -0.25) is 9.59 Å². The molecule has 1 aromatic carbocycles. The highest BCUT2D eigenvalue weighted by Gasteiger charge is 2.34. The van der Waals surface area contributed by atoms with E-state index in [2.05, 4.69) is 0 Å². The lowest BCUT2D eigenvalue weighted by atomic mass is 9.90. The van der Waals surface area contributed by atoms with Crippen molar-refractivity contribution in [2.24, 2.45) is 11.3 Å². The third-order valence-corrected chi connectivity index (χ3v) is 5.31. The largest absolute Gasteiger partial charge is 0.342 e. The van der Waals surface area contributed by atoms with E-state index in [0.717, 1.165) is 18.4 Å². The summed E-state index contributed by atoms with van der Waals surface area (Å²) in [5, 5.41) is 0.695. The van der Waals surface area contributed by atoms with Gasteiger partial charge in [-0.05, 0) is 37.5 Å². The van der Waals surface area contributed by atoms with E-state index in [1.54, 1.807) is 0 Å². The summed E-state index contributed by atoms with van der Waals surface area (Å²) in [5.74, 6) is 0.315. The molecule has 2 rings (SSSR count). The van der Waals surface area contributed by atoms with Crippen LogP contribution in [0.4, 0.5) is 0 Å². The number of carbonyl (C=O) groups is 2. The molecule has 1 saturated heterocycles. The van der Waals surface area contributed by atoms with Crippen LogP contribution in [0.5, 0.6) is 0 Å². The number of halogens is 1. The Bertz CT molecular complexity index is 614. The molecule has 1 unspecified atom stereocenters. The van der Waals surface area contributed by atoms with Gasteiger partial charge in [0.25, 0.3) is 0 Å². The van der Waals surface area contributed by atoms with Crippen molar-refractivity contribution >= 4 is 23.4 Å². The maximum atomic E-state index is 12.8. The van der Waals surface area contributed by atoms with Crippen molar-refractivity contribution < 1.29 is 9.59 Å². The molecular formula is C20H29ClN2O2. The molecule has 0 saturated carbocycles. The Morgan fingerprint density at radius 3 is 2.16 bits per heavy atom. The van der Waals surface area contributed by atoms with Crippen molar-refractivity contribution in [2.45, 2.75) is 46.6 Å². The van der Waals surface area contributed by atoms with Crippen molar-refractivity contribution in [1.29, 1.82) is 0 Å². The number of likely N-dealkylation sites (tertiary alicyclic amines) is 1. The zero-order valence-corrected chi connectivity index (χ0v) is 16.6. The van der Waals surface area contributed by atoms with E-state index >= 15 is 0 Å². The fraction of sp³-hybridized carbons (Fsp3) is 0.600. The van der Waals surface area contributed by atoms with Gasteiger partial charge in [-0.25, -0.2) is 0 Å². The first-order valence-electron chi connectivity index (χ1n) is 8.92. The maximum absolute atomic E-state index is 12.8. The van der Waals surface area contributed by atoms with Crippen LogP contribution in [0.15, 0.2) is 24.3 Å². The van der Waals surface area contributed by atoms with Crippen molar-refractivity contribution in [3.8, 4) is 0 Å². The predicted octanol–water partition coefficient (Wildman–Crippen LogP) is 4.14. The van der Waals surface area contributed by atoms with Crippen LogP contribution < -0.4 is 0 Å². The molecule has 1 atom stereocenters. The fourth-order valence-corrected chi connectivity index (χ4v) is 3.37. The second-order valence-electron chi connectivity index (χ2n) is 7.99. The highest BCUT2D eigenvalue weighted by molar-refractivity contribution is 6.30. The molecule has 25 heavy (non-hydrogen) atoms. The summed E-state index contributed by atoms with van der Waals surface area (Å²) < 4.78 is 0. The van der Waals surface area contributed by atoms with Gasteiger partial charge >= 0.3 is 0 Å². The standard InChI is InChI=1S/C20H29ClN2O2/c1-14(15-6-8-17(21)9-7-15)22(5)18(24)16-10-12-23(13-11-16)19(25)20(2,3)4/h6-9,14,16H,10-13H2,1-5H3. The van der Waals surface area contributed by atoms with Crippen molar-refractivity contribution in [3.63, 3.8) is 0 Å². The lowest BCUT2D eigenvalue weighted by Gasteiger charge is -2.37. The second-order valence-corrected chi connectivity index (χ2v) is 8.43. The van der Waals surface area contributed by atoms with Crippen molar-refractivity contribution in [3.05, 3.63) is 34.9 Å². The Morgan fingerprint density at radius 1 is 1.16 bits per heavy atom. The molecule has 4 nitrogen and oxygen atoms in total. The zero-order valence-electron chi connectivity index (χ0n) is 15.9. The Labute approximate surface area is 156 Å².